The number of carbonyl (C=O) groups is 1. The lowest BCUT2D eigenvalue weighted by Gasteiger charge is -2.04. The Labute approximate surface area is 138 Å². The molecular formula is C17H16N4OS. The Hall–Kier alpha value is -2.60. The zero-order valence-corrected chi connectivity index (χ0v) is 13.5. The van der Waals surface area contributed by atoms with Gasteiger partial charge in [-0.2, -0.15) is 0 Å². The van der Waals surface area contributed by atoms with Crippen LogP contribution in [0.15, 0.2) is 49.1 Å². The summed E-state index contributed by atoms with van der Waals surface area (Å²) in [6, 6.07) is 7.41. The summed E-state index contributed by atoms with van der Waals surface area (Å²) in [5.41, 5.74) is 2.65. The van der Waals surface area contributed by atoms with Crippen LogP contribution in [0.1, 0.15) is 20.9 Å². The molecule has 3 heterocycles. The monoisotopic (exact) mass is 324 g/mol. The normalized spacial score (nSPS) is 10.5. The largest absolute Gasteiger partial charge is 0.352 e. The molecule has 1 amide bonds. The van der Waals surface area contributed by atoms with E-state index < -0.39 is 0 Å². The first-order valence-corrected chi connectivity index (χ1v) is 8.10. The van der Waals surface area contributed by atoms with Crippen LogP contribution in [-0.4, -0.2) is 27.4 Å². The molecule has 3 aromatic heterocycles. The minimum absolute atomic E-state index is 0.102. The van der Waals surface area contributed by atoms with Crippen molar-refractivity contribution in [3.05, 3.63) is 65.2 Å². The maximum Gasteiger partial charge on any atom is 0.252 e. The van der Waals surface area contributed by atoms with Gasteiger partial charge >= 0.3 is 0 Å². The summed E-state index contributed by atoms with van der Waals surface area (Å²) >= 11 is 1.66. The molecule has 0 aromatic carbocycles. The zero-order chi connectivity index (χ0) is 16.1. The molecule has 0 fully saturated rings. The van der Waals surface area contributed by atoms with Crippen LogP contribution in [0.2, 0.25) is 0 Å². The van der Waals surface area contributed by atoms with E-state index in [0.717, 1.165) is 22.7 Å². The number of hydrogen-bond donors (Lipinski definition) is 1. The van der Waals surface area contributed by atoms with Crippen LogP contribution in [0.25, 0.3) is 10.6 Å². The van der Waals surface area contributed by atoms with Gasteiger partial charge in [-0.3, -0.25) is 14.8 Å². The van der Waals surface area contributed by atoms with Gasteiger partial charge in [0, 0.05) is 48.2 Å². The predicted octanol–water partition coefficient (Wildman–Crippen LogP) is 2.88. The van der Waals surface area contributed by atoms with Gasteiger partial charge < -0.3 is 5.32 Å². The van der Waals surface area contributed by atoms with Gasteiger partial charge in [-0.05, 0) is 31.2 Å². The summed E-state index contributed by atoms with van der Waals surface area (Å²) in [7, 11) is 0. The fourth-order valence-corrected chi connectivity index (χ4v) is 3.23. The third-order valence-corrected chi connectivity index (χ3v) is 4.65. The lowest BCUT2D eigenvalue weighted by Crippen LogP contribution is -2.25. The van der Waals surface area contributed by atoms with Crippen LogP contribution < -0.4 is 5.32 Å². The maximum atomic E-state index is 12.0. The Balaban J connectivity index is 1.61. The van der Waals surface area contributed by atoms with Crippen LogP contribution in [0.5, 0.6) is 0 Å². The summed E-state index contributed by atoms with van der Waals surface area (Å²) in [4.78, 5) is 25.7. The molecule has 23 heavy (non-hydrogen) atoms. The first kappa shape index (κ1) is 15.3. The summed E-state index contributed by atoms with van der Waals surface area (Å²) in [5, 5.41) is 3.90. The number of rotatable bonds is 5. The quantitative estimate of drug-likeness (QED) is 0.783. The molecule has 0 unspecified atom stereocenters. The van der Waals surface area contributed by atoms with E-state index in [1.807, 2.05) is 19.1 Å². The Morgan fingerprint density at radius 1 is 1.17 bits per heavy atom. The van der Waals surface area contributed by atoms with Crippen LogP contribution in [0.3, 0.4) is 0 Å². The molecule has 0 bridgehead atoms. The van der Waals surface area contributed by atoms with Crippen molar-refractivity contribution in [2.45, 2.75) is 13.3 Å². The molecule has 3 aromatic rings. The zero-order valence-electron chi connectivity index (χ0n) is 12.7. The number of amides is 1. The third kappa shape index (κ3) is 3.78. The summed E-state index contributed by atoms with van der Waals surface area (Å²) in [5.74, 6) is -0.102. The van der Waals surface area contributed by atoms with Crippen molar-refractivity contribution >= 4 is 17.2 Å². The molecule has 0 saturated heterocycles. The Morgan fingerprint density at radius 3 is 2.74 bits per heavy atom. The molecule has 0 aliphatic rings. The average molecular weight is 324 g/mol. The van der Waals surface area contributed by atoms with Crippen LogP contribution in [-0.2, 0) is 6.42 Å². The highest BCUT2D eigenvalue weighted by Crippen LogP contribution is 2.27. The highest BCUT2D eigenvalue weighted by atomic mass is 32.1. The SMILES string of the molecule is Cc1nc(-c2ccncc2)sc1CCNC(=O)c1cccnc1. The number of carbonyl (C=O) groups excluding carboxylic acids is 1. The number of pyridine rings is 2. The molecular weight excluding hydrogens is 308 g/mol. The van der Waals surface area contributed by atoms with Crippen molar-refractivity contribution < 1.29 is 4.79 Å². The predicted molar refractivity (Wildman–Crippen MR) is 90.4 cm³/mol. The molecule has 0 aliphatic heterocycles. The van der Waals surface area contributed by atoms with Gasteiger partial charge in [0.2, 0.25) is 0 Å². The van der Waals surface area contributed by atoms with Gasteiger partial charge in [-0.1, -0.05) is 0 Å². The second-order valence-electron chi connectivity index (χ2n) is 5.01. The molecule has 0 aliphatic carbocycles. The first-order chi connectivity index (χ1) is 11.2. The van der Waals surface area contributed by atoms with E-state index in [1.54, 1.807) is 48.3 Å². The molecule has 0 saturated carbocycles. The second kappa shape index (κ2) is 7.11. The number of thiazole rings is 1. The van der Waals surface area contributed by atoms with Gasteiger partial charge in [-0.25, -0.2) is 4.98 Å². The van der Waals surface area contributed by atoms with Crippen LogP contribution in [0.4, 0.5) is 0 Å². The molecule has 116 valence electrons. The number of nitrogens with one attached hydrogen (secondary N) is 1. The van der Waals surface area contributed by atoms with E-state index in [-0.39, 0.29) is 5.91 Å². The molecule has 6 heteroatoms. The van der Waals surface area contributed by atoms with Crippen molar-refractivity contribution in [3.8, 4) is 10.6 Å². The van der Waals surface area contributed by atoms with Crippen molar-refractivity contribution in [1.82, 2.24) is 20.3 Å². The summed E-state index contributed by atoms with van der Waals surface area (Å²) in [6.07, 6.45) is 7.51. The van der Waals surface area contributed by atoms with Gasteiger partial charge in [0.1, 0.15) is 5.01 Å². The third-order valence-electron chi connectivity index (χ3n) is 3.38. The van der Waals surface area contributed by atoms with Gasteiger partial charge in [-0.15, -0.1) is 11.3 Å². The first-order valence-electron chi connectivity index (χ1n) is 7.29. The van der Waals surface area contributed by atoms with Crippen molar-refractivity contribution in [2.75, 3.05) is 6.54 Å². The molecule has 0 atom stereocenters. The van der Waals surface area contributed by atoms with E-state index in [4.69, 9.17) is 0 Å². The standard InChI is InChI=1S/C17H16N4OS/c1-12-15(23-17(21-12)13-4-8-18-9-5-13)6-10-20-16(22)14-3-2-7-19-11-14/h2-5,7-9,11H,6,10H2,1H3,(H,20,22). The van der Waals surface area contributed by atoms with E-state index in [0.29, 0.717) is 12.1 Å². The Kier molecular flexibility index (Phi) is 4.73. The molecule has 3 rings (SSSR count). The highest BCUT2D eigenvalue weighted by Gasteiger charge is 2.10. The van der Waals surface area contributed by atoms with Gasteiger partial charge in [0.15, 0.2) is 0 Å². The van der Waals surface area contributed by atoms with Gasteiger partial charge in [0.25, 0.3) is 5.91 Å². The molecule has 0 spiro atoms. The summed E-state index contributed by atoms with van der Waals surface area (Å²) < 4.78 is 0. The van der Waals surface area contributed by atoms with Gasteiger partial charge in [0.05, 0.1) is 11.3 Å². The summed E-state index contributed by atoms with van der Waals surface area (Å²) in [6.45, 7) is 2.58. The number of aryl methyl sites for hydroxylation is 1. The minimum atomic E-state index is -0.102. The maximum absolute atomic E-state index is 12.0. The average Bonchev–Trinajstić information content (AvgIpc) is 2.97. The second-order valence-corrected chi connectivity index (χ2v) is 6.09. The topological polar surface area (TPSA) is 67.8 Å². The van der Waals surface area contributed by atoms with Crippen molar-refractivity contribution in [1.29, 1.82) is 0 Å². The highest BCUT2D eigenvalue weighted by molar-refractivity contribution is 7.15. The molecule has 0 radical (unpaired) electrons. The van der Waals surface area contributed by atoms with Crippen molar-refractivity contribution in [2.24, 2.45) is 0 Å². The van der Waals surface area contributed by atoms with E-state index >= 15 is 0 Å². The lowest BCUT2D eigenvalue weighted by atomic mass is 10.2. The lowest BCUT2D eigenvalue weighted by molar-refractivity contribution is 0.0954. The number of aromatic nitrogens is 3. The minimum Gasteiger partial charge on any atom is -0.352 e. The number of nitrogens with zero attached hydrogens (tertiary/aromatic N) is 3. The Morgan fingerprint density at radius 2 is 2.00 bits per heavy atom. The molecule has 5 nitrogen and oxygen atoms in total. The van der Waals surface area contributed by atoms with E-state index in [2.05, 4.69) is 20.3 Å². The van der Waals surface area contributed by atoms with Crippen molar-refractivity contribution in [3.63, 3.8) is 0 Å². The van der Waals surface area contributed by atoms with E-state index in [9.17, 15) is 4.79 Å². The fraction of sp³-hybridized carbons (Fsp3) is 0.176. The smallest absolute Gasteiger partial charge is 0.252 e. The van der Waals surface area contributed by atoms with Crippen LogP contribution in [0, 0.1) is 6.92 Å². The number of hydrogen-bond acceptors (Lipinski definition) is 5. The fourth-order valence-electron chi connectivity index (χ4n) is 2.17. The van der Waals surface area contributed by atoms with Crippen LogP contribution >= 0.6 is 11.3 Å². The Bertz CT molecular complexity index is 787. The molecule has 1 N–H and O–H groups in total. The van der Waals surface area contributed by atoms with E-state index in [1.165, 1.54) is 4.88 Å².